The van der Waals surface area contributed by atoms with E-state index in [9.17, 15) is 4.79 Å². The van der Waals surface area contributed by atoms with Gasteiger partial charge in [-0.3, -0.25) is 9.36 Å². The van der Waals surface area contributed by atoms with Gasteiger partial charge in [-0.25, -0.2) is 4.98 Å². The number of rotatable bonds is 5. The Morgan fingerprint density at radius 1 is 1.42 bits per heavy atom. The van der Waals surface area contributed by atoms with Crippen molar-refractivity contribution in [1.29, 1.82) is 0 Å². The van der Waals surface area contributed by atoms with Gasteiger partial charge in [-0.2, -0.15) is 0 Å². The molecular formula is C14H19BrN2OS. The van der Waals surface area contributed by atoms with Gasteiger partial charge in [-0.1, -0.05) is 22.9 Å². The van der Waals surface area contributed by atoms with E-state index in [1.807, 2.05) is 13.8 Å². The van der Waals surface area contributed by atoms with E-state index in [1.165, 1.54) is 4.88 Å². The highest BCUT2D eigenvalue weighted by Crippen LogP contribution is 2.25. The zero-order valence-corrected chi connectivity index (χ0v) is 14.0. The summed E-state index contributed by atoms with van der Waals surface area (Å²) in [7, 11) is 0. The molecule has 0 N–H and O–H groups in total. The molecule has 0 aliphatic rings. The summed E-state index contributed by atoms with van der Waals surface area (Å²) in [6.45, 7) is 7.03. The first-order chi connectivity index (χ1) is 9.04. The van der Waals surface area contributed by atoms with Crippen LogP contribution in [0.25, 0.3) is 10.2 Å². The van der Waals surface area contributed by atoms with Gasteiger partial charge in [0.1, 0.15) is 4.83 Å². The zero-order chi connectivity index (χ0) is 14.0. The molecule has 1 unspecified atom stereocenters. The molecule has 2 heterocycles. The largest absolute Gasteiger partial charge is 0.299 e. The molecule has 5 heteroatoms. The van der Waals surface area contributed by atoms with Crippen LogP contribution in [0, 0.1) is 19.8 Å². The van der Waals surface area contributed by atoms with Gasteiger partial charge in [-0.05, 0) is 38.2 Å². The lowest BCUT2D eigenvalue weighted by atomic mass is 10.1. The van der Waals surface area contributed by atoms with E-state index >= 15 is 0 Å². The molecule has 0 aliphatic carbocycles. The van der Waals surface area contributed by atoms with Crippen LogP contribution in [0.2, 0.25) is 0 Å². The summed E-state index contributed by atoms with van der Waals surface area (Å²) < 4.78 is 1.76. The number of hydrogen-bond acceptors (Lipinski definition) is 3. The van der Waals surface area contributed by atoms with Crippen LogP contribution < -0.4 is 5.56 Å². The third kappa shape index (κ3) is 3.08. The van der Waals surface area contributed by atoms with Gasteiger partial charge < -0.3 is 0 Å². The third-order valence-corrected chi connectivity index (χ3v) is 5.19. The van der Waals surface area contributed by atoms with Gasteiger partial charge in [0.2, 0.25) is 0 Å². The van der Waals surface area contributed by atoms with E-state index in [4.69, 9.17) is 0 Å². The maximum Gasteiger partial charge on any atom is 0.262 e. The van der Waals surface area contributed by atoms with Crippen LogP contribution in [-0.2, 0) is 6.54 Å². The van der Waals surface area contributed by atoms with Gasteiger partial charge in [0, 0.05) is 16.8 Å². The van der Waals surface area contributed by atoms with Crippen LogP contribution in [0.15, 0.2) is 11.1 Å². The smallest absolute Gasteiger partial charge is 0.262 e. The monoisotopic (exact) mass is 342 g/mol. The summed E-state index contributed by atoms with van der Waals surface area (Å²) in [6.07, 6.45) is 3.85. The van der Waals surface area contributed by atoms with Crippen molar-refractivity contribution in [2.45, 2.75) is 40.2 Å². The fourth-order valence-electron chi connectivity index (χ4n) is 2.12. The first-order valence-electron chi connectivity index (χ1n) is 6.55. The summed E-state index contributed by atoms with van der Waals surface area (Å²) in [4.78, 5) is 18.9. The second-order valence-corrected chi connectivity index (χ2v) is 7.07. The van der Waals surface area contributed by atoms with Gasteiger partial charge in [0.25, 0.3) is 5.56 Å². The molecule has 0 aromatic carbocycles. The normalized spacial score (nSPS) is 13.1. The van der Waals surface area contributed by atoms with Crippen molar-refractivity contribution in [3.63, 3.8) is 0 Å². The molecule has 0 bridgehead atoms. The molecule has 0 spiro atoms. The second kappa shape index (κ2) is 6.18. The average molecular weight is 343 g/mol. The SMILES string of the molecule is Cc1sc2ncn(CCC(C)CCBr)c(=O)c2c1C. The van der Waals surface area contributed by atoms with Crippen molar-refractivity contribution in [2.24, 2.45) is 5.92 Å². The Morgan fingerprint density at radius 3 is 2.84 bits per heavy atom. The fourth-order valence-corrected chi connectivity index (χ4v) is 3.89. The minimum absolute atomic E-state index is 0.109. The topological polar surface area (TPSA) is 34.9 Å². The van der Waals surface area contributed by atoms with E-state index < -0.39 is 0 Å². The van der Waals surface area contributed by atoms with Gasteiger partial charge in [-0.15, -0.1) is 11.3 Å². The molecule has 19 heavy (non-hydrogen) atoms. The quantitative estimate of drug-likeness (QED) is 0.772. The Morgan fingerprint density at radius 2 is 2.16 bits per heavy atom. The number of hydrogen-bond donors (Lipinski definition) is 0. The van der Waals surface area contributed by atoms with E-state index in [-0.39, 0.29) is 5.56 Å². The molecule has 0 fully saturated rings. The molecule has 0 saturated heterocycles. The van der Waals surface area contributed by atoms with Crippen LogP contribution in [-0.4, -0.2) is 14.9 Å². The zero-order valence-electron chi connectivity index (χ0n) is 11.6. The van der Waals surface area contributed by atoms with E-state index in [0.29, 0.717) is 5.92 Å². The minimum atomic E-state index is 0.109. The molecule has 2 aromatic heterocycles. The number of fused-ring (bicyclic) bond motifs is 1. The van der Waals surface area contributed by atoms with Crippen LogP contribution in [0.4, 0.5) is 0 Å². The Hall–Kier alpha value is -0.680. The molecule has 0 saturated carbocycles. The summed E-state index contributed by atoms with van der Waals surface area (Å²) in [5, 5.41) is 1.82. The number of alkyl halides is 1. The summed E-state index contributed by atoms with van der Waals surface area (Å²) in [6, 6.07) is 0. The summed E-state index contributed by atoms with van der Waals surface area (Å²) in [5.41, 5.74) is 1.19. The van der Waals surface area contributed by atoms with Crippen molar-refractivity contribution in [1.82, 2.24) is 9.55 Å². The van der Waals surface area contributed by atoms with E-state index in [0.717, 1.165) is 40.5 Å². The molecule has 1 atom stereocenters. The Bertz CT molecular complexity index is 632. The summed E-state index contributed by atoms with van der Waals surface area (Å²) in [5.74, 6) is 0.618. The lowest BCUT2D eigenvalue weighted by Gasteiger charge is -2.10. The lowest BCUT2D eigenvalue weighted by Crippen LogP contribution is -2.21. The van der Waals surface area contributed by atoms with Crippen LogP contribution in [0.1, 0.15) is 30.2 Å². The number of halogens is 1. The molecular weight excluding hydrogens is 324 g/mol. The Labute approximate surface area is 125 Å². The third-order valence-electron chi connectivity index (χ3n) is 3.62. The van der Waals surface area contributed by atoms with E-state index in [2.05, 4.69) is 27.8 Å². The molecule has 2 rings (SSSR count). The Kier molecular flexibility index (Phi) is 4.79. The van der Waals surface area contributed by atoms with Gasteiger partial charge >= 0.3 is 0 Å². The molecule has 3 nitrogen and oxygen atoms in total. The highest BCUT2D eigenvalue weighted by molar-refractivity contribution is 9.09. The summed E-state index contributed by atoms with van der Waals surface area (Å²) >= 11 is 5.06. The van der Waals surface area contributed by atoms with Crippen molar-refractivity contribution in [3.8, 4) is 0 Å². The second-order valence-electron chi connectivity index (χ2n) is 5.08. The average Bonchev–Trinajstić information content (AvgIpc) is 2.65. The van der Waals surface area contributed by atoms with Crippen LogP contribution in [0.5, 0.6) is 0 Å². The predicted molar refractivity (Wildman–Crippen MR) is 85.5 cm³/mol. The standard InChI is InChI=1S/C14H19BrN2OS/c1-9(4-6-15)5-7-17-8-16-13-12(14(17)18)10(2)11(3)19-13/h8-9H,4-7H2,1-3H3. The highest BCUT2D eigenvalue weighted by atomic mass is 79.9. The molecule has 0 radical (unpaired) electrons. The van der Waals surface area contributed by atoms with Crippen molar-refractivity contribution < 1.29 is 0 Å². The van der Waals surface area contributed by atoms with Gasteiger partial charge in [0.15, 0.2) is 0 Å². The minimum Gasteiger partial charge on any atom is -0.299 e. The van der Waals surface area contributed by atoms with Crippen molar-refractivity contribution in [3.05, 3.63) is 27.1 Å². The maximum atomic E-state index is 12.5. The molecule has 0 amide bonds. The molecule has 104 valence electrons. The van der Waals surface area contributed by atoms with Crippen LogP contribution >= 0.6 is 27.3 Å². The maximum absolute atomic E-state index is 12.5. The van der Waals surface area contributed by atoms with Crippen LogP contribution in [0.3, 0.4) is 0 Å². The lowest BCUT2D eigenvalue weighted by molar-refractivity contribution is 0.465. The number of nitrogens with zero attached hydrogens (tertiary/aromatic N) is 2. The van der Waals surface area contributed by atoms with Crippen molar-refractivity contribution in [2.75, 3.05) is 5.33 Å². The van der Waals surface area contributed by atoms with E-state index in [1.54, 1.807) is 22.2 Å². The van der Waals surface area contributed by atoms with Gasteiger partial charge in [0.05, 0.1) is 11.7 Å². The highest BCUT2D eigenvalue weighted by Gasteiger charge is 2.12. The Balaban J connectivity index is 2.28. The predicted octanol–water partition coefficient (Wildman–Crippen LogP) is 3.89. The number of thiophene rings is 1. The number of aryl methyl sites for hydroxylation is 3. The fraction of sp³-hybridized carbons (Fsp3) is 0.571. The first-order valence-corrected chi connectivity index (χ1v) is 8.49. The number of aromatic nitrogens is 2. The first kappa shape index (κ1) is 14.7. The molecule has 0 aliphatic heterocycles. The van der Waals surface area contributed by atoms with Crippen molar-refractivity contribution >= 4 is 37.5 Å². The molecule has 2 aromatic rings.